The van der Waals surface area contributed by atoms with Gasteiger partial charge < -0.3 is 10.2 Å². The minimum absolute atomic E-state index is 0.0889. The summed E-state index contributed by atoms with van der Waals surface area (Å²) in [5, 5.41) is 2.59. The number of hydrogen-bond acceptors (Lipinski definition) is 4. The van der Waals surface area contributed by atoms with Gasteiger partial charge in [0.2, 0.25) is 11.8 Å². The van der Waals surface area contributed by atoms with Gasteiger partial charge in [-0.1, -0.05) is 18.9 Å². The number of sulfone groups is 1. The molecule has 28 heavy (non-hydrogen) atoms. The van der Waals surface area contributed by atoms with Gasteiger partial charge in [-0.05, 0) is 56.7 Å². The fourth-order valence-corrected chi connectivity index (χ4v) is 6.24. The Morgan fingerprint density at radius 3 is 2.25 bits per heavy atom. The fourth-order valence-electron chi connectivity index (χ4n) is 4.34. The number of piperidine rings is 1. The molecule has 6 nitrogen and oxygen atoms in total. The van der Waals surface area contributed by atoms with Gasteiger partial charge in [-0.3, -0.25) is 9.59 Å². The van der Waals surface area contributed by atoms with Crippen LogP contribution in [0.1, 0.15) is 51.4 Å². The van der Waals surface area contributed by atoms with Gasteiger partial charge in [0.15, 0.2) is 9.84 Å². The largest absolute Gasteiger partial charge is 0.342 e. The van der Waals surface area contributed by atoms with Crippen molar-refractivity contribution in [2.24, 2.45) is 11.8 Å². The molecule has 0 radical (unpaired) electrons. The molecule has 2 amide bonds. The van der Waals surface area contributed by atoms with E-state index in [2.05, 4.69) is 5.32 Å². The van der Waals surface area contributed by atoms with Crippen molar-refractivity contribution < 1.29 is 18.0 Å². The zero-order chi connectivity index (χ0) is 19.7. The fraction of sp³-hybridized carbons (Fsp3) is 0.619. The first kappa shape index (κ1) is 19.4. The van der Waals surface area contributed by atoms with Crippen LogP contribution >= 0.6 is 0 Å². The Hall–Kier alpha value is -1.89. The first-order chi connectivity index (χ1) is 13.4. The summed E-state index contributed by atoms with van der Waals surface area (Å²) >= 11 is 0. The van der Waals surface area contributed by atoms with Crippen molar-refractivity contribution in [3.8, 4) is 0 Å². The average molecular weight is 405 g/mol. The lowest BCUT2D eigenvalue weighted by molar-refractivity contribution is -0.135. The zero-order valence-electron chi connectivity index (χ0n) is 16.1. The van der Waals surface area contributed by atoms with Crippen LogP contribution in [0.2, 0.25) is 0 Å². The van der Waals surface area contributed by atoms with Gasteiger partial charge in [-0.25, -0.2) is 8.42 Å². The minimum Gasteiger partial charge on any atom is -0.342 e. The Morgan fingerprint density at radius 1 is 0.929 bits per heavy atom. The second-order valence-corrected chi connectivity index (χ2v) is 10.6. The normalized spacial score (nSPS) is 21.6. The Balaban J connectivity index is 1.36. The van der Waals surface area contributed by atoms with Crippen molar-refractivity contribution in [1.29, 1.82) is 0 Å². The van der Waals surface area contributed by atoms with Gasteiger partial charge in [0.05, 0.1) is 10.1 Å². The van der Waals surface area contributed by atoms with E-state index in [9.17, 15) is 18.0 Å². The van der Waals surface area contributed by atoms with Crippen molar-refractivity contribution in [2.75, 3.05) is 18.4 Å². The lowest BCUT2D eigenvalue weighted by Gasteiger charge is -2.31. The molecule has 0 bridgehead atoms. The van der Waals surface area contributed by atoms with Crippen LogP contribution in [-0.4, -0.2) is 43.5 Å². The number of rotatable bonds is 5. The van der Waals surface area contributed by atoms with Gasteiger partial charge >= 0.3 is 0 Å². The molecule has 0 spiro atoms. The highest BCUT2D eigenvalue weighted by Gasteiger charge is 2.36. The Kier molecular flexibility index (Phi) is 5.45. The van der Waals surface area contributed by atoms with Gasteiger partial charge in [0, 0.05) is 30.6 Å². The number of amides is 2. The van der Waals surface area contributed by atoms with Crippen LogP contribution < -0.4 is 5.32 Å². The molecular weight excluding hydrogens is 376 g/mol. The molecule has 2 aliphatic carbocycles. The molecule has 1 aromatic carbocycles. The Morgan fingerprint density at radius 2 is 1.61 bits per heavy atom. The van der Waals surface area contributed by atoms with E-state index in [1.165, 1.54) is 0 Å². The summed E-state index contributed by atoms with van der Waals surface area (Å²) in [5.74, 6) is 0.228. The first-order valence-corrected chi connectivity index (χ1v) is 11.9. The van der Waals surface area contributed by atoms with Crippen LogP contribution in [-0.2, 0) is 19.4 Å². The topological polar surface area (TPSA) is 83.6 Å². The monoisotopic (exact) mass is 404 g/mol. The summed E-state index contributed by atoms with van der Waals surface area (Å²) in [5.41, 5.74) is 0.528. The quantitative estimate of drug-likeness (QED) is 0.818. The smallest absolute Gasteiger partial charge is 0.227 e. The van der Waals surface area contributed by atoms with Gasteiger partial charge in [-0.2, -0.15) is 0 Å². The van der Waals surface area contributed by atoms with E-state index in [1.54, 1.807) is 24.3 Å². The molecular formula is C21H28N2O4S. The Labute approximate surface area is 166 Å². The summed E-state index contributed by atoms with van der Waals surface area (Å²) < 4.78 is 25.6. The summed E-state index contributed by atoms with van der Waals surface area (Å²) in [6.07, 6.45) is 6.67. The second kappa shape index (κ2) is 7.85. The minimum atomic E-state index is -3.34. The van der Waals surface area contributed by atoms with E-state index >= 15 is 0 Å². The summed E-state index contributed by atoms with van der Waals surface area (Å²) in [4.78, 5) is 27.0. The predicted octanol–water partition coefficient (Wildman–Crippen LogP) is 2.99. The van der Waals surface area contributed by atoms with Crippen molar-refractivity contribution in [1.82, 2.24) is 4.90 Å². The van der Waals surface area contributed by atoms with E-state index in [0.717, 1.165) is 38.5 Å². The van der Waals surface area contributed by atoms with Crippen molar-refractivity contribution >= 4 is 27.3 Å². The maximum atomic E-state index is 12.8. The number of anilines is 1. The first-order valence-electron chi connectivity index (χ1n) is 10.4. The number of likely N-dealkylation sites (tertiary alicyclic amines) is 1. The SMILES string of the molecule is O=C(Nc1cccc(S(=O)(=O)C2CCCC2)c1)C1CCN(C(=O)C2CC2)CC1. The maximum Gasteiger partial charge on any atom is 0.227 e. The van der Waals surface area contributed by atoms with Crippen molar-refractivity contribution in [3.05, 3.63) is 24.3 Å². The predicted molar refractivity (Wildman–Crippen MR) is 107 cm³/mol. The summed E-state index contributed by atoms with van der Waals surface area (Å²) in [6, 6.07) is 6.62. The molecule has 7 heteroatoms. The molecule has 0 aromatic heterocycles. The summed E-state index contributed by atoms with van der Waals surface area (Å²) in [7, 11) is -3.34. The molecule has 1 saturated heterocycles. The van der Waals surface area contributed by atoms with Crippen LogP contribution in [0.15, 0.2) is 29.2 Å². The van der Waals surface area contributed by atoms with E-state index in [0.29, 0.717) is 36.5 Å². The molecule has 3 aliphatic rings. The van der Waals surface area contributed by atoms with Crippen LogP contribution in [0.3, 0.4) is 0 Å². The molecule has 0 unspecified atom stereocenters. The van der Waals surface area contributed by atoms with Crippen LogP contribution in [0, 0.1) is 11.8 Å². The number of carbonyl (C=O) groups excluding carboxylic acids is 2. The molecule has 1 aliphatic heterocycles. The van der Waals surface area contributed by atoms with E-state index in [1.807, 2.05) is 4.90 Å². The highest BCUT2D eigenvalue weighted by atomic mass is 32.2. The highest BCUT2D eigenvalue weighted by molar-refractivity contribution is 7.92. The molecule has 152 valence electrons. The van der Waals surface area contributed by atoms with Crippen LogP contribution in [0.25, 0.3) is 0 Å². The molecule has 4 rings (SSSR count). The lowest BCUT2D eigenvalue weighted by Crippen LogP contribution is -2.42. The molecule has 3 fully saturated rings. The highest BCUT2D eigenvalue weighted by Crippen LogP contribution is 2.33. The summed E-state index contributed by atoms with van der Waals surface area (Å²) in [6.45, 7) is 1.26. The third-order valence-corrected chi connectivity index (χ3v) is 8.54. The molecule has 0 atom stereocenters. The van der Waals surface area contributed by atoms with Gasteiger partial charge in [0.1, 0.15) is 0 Å². The maximum absolute atomic E-state index is 12.8. The molecule has 1 N–H and O–H groups in total. The van der Waals surface area contributed by atoms with Crippen LogP contribution in [0.5, 0.6) is 0 Å². The third-order valence-electron chi connectivity index (χ3n) is 6.28. The number of carbonyl (C=O) groups is 2. The number of nitrogens with zero attached hydrogens (tertiary/aromatic N) is 1. The standard InChI is InChI=1S/C21H28N2O4S/c24-20(15-10-12-23(13-11-15)21(25)16-8-9-16)22-17-4-3-7-19(14-17)28(26,27)18-5-1-2-6-18/h3-4,7,14-16,18H,1-2,5-6,8-13H2,(H,22,24). The number of benzene rings is 1. The molecule has 2 saturated carbocycles. The van der Waals surface area contributed by atoms with Crippen LogP contribution in [0.4, 0.5) is 5.69 Å². The lowest BCUT2D eigenvalue weighted by atomic mass is 9.95. The Bertz CT molecular complexity index is 849. The average Bonchev–Trinajstić information content (AvgIpc) is 3.40. The zero-order valence-corrected chi connectivity index (χ0v) is 16.9. The van der Waals surface area contributed by atoms with Crippen molar-refractivity contribution in [2.45, 2.75) is 61.5 Å². The number of hydrogen-bond donors (Lipinski definition) is 1. The van der Waals surface area contributed by atoms with Gasteiger partial charge in [0.25, 0.3) is 0 Å². The van der Waals surface area contributed by atoms with Gasteiger partial charge in [-0.15, -0.1) is 0 Å². The van der Waals surface area contributed by atoms with E-state index in [-0.39, 0.29) is 28.9 Å². The number of nitrogens with one attached hydrogen (secondary N) is 1. The van der Waals surface area contributed by atoms with Crippen molar-refractivity contribution in [3.63, 3.8) is 0 Å². The molecule has 1 aromatic rings. The molecule has 1 heterocycles. The second-order valence-electron chi connectivity index (χ2n) is 8.34. The van der Waals surface area contributed by atoms with E-state index in [4.69, 9.17) is 0 Å². The third kappa shape index (κ3) is 4.09. The van der Waals surface area contributed by atoms with E-state index < -0.39 is 9.84 Å².